The third-order valence-electron chi connectivity index (χ3n) is 2.70. The van der Waals surface area contributed by atoms with Gasteiger partial charge in [-0.2, -0.15) is 0 Å². The summed E-state index contributed by atoms with van der Waals surface area (Å²) in [5.41, 5.74) is 9.93. The monoisotopic (exact) mass is 286 g/mol. The van der Waals surface area contributed by atoms with Gasteiger partial charge in [0.25, 0.3) is 0 Å². The Bertz CT molecular complexity index is 569. The molecule has 0 spiro atoms. The normalized spacial score (nSPS) is 12.4. The zero-order valence-corrected chi connectivity index (χ0v) is 11.7. The number of pyridine rings is 1. The minimum atomic E-state index is -3.77. The van der Waals surface area contributed by atoms with Crippen LogP contribution in [0.15, 0.2) is 23.2 Å². The molecule has 7 nitrogen and oxygen atoms in total. The summed E-state index contributed by atoms with van der Waals surface area (Å²) in [4.78, 5) is 15.1. The number of sulfonamides is 1. The topological polar surface area (TPSA) is 128 Å². The molecule has 0 aliphatic rings. The first-order valence-corrected chi connectivity index (χ1v) is 7.12. The van der Waals surface area contributed by atoms with Crippen LogP contribution in [0.4, 0.5) is 0 Å². The Kier molecular flexibility index (Phi) is 4.61. The van der Waals surface area contributed by atoms with Gasteiger partial charge in [-0.1, -0.05) is 0 Å². The maximum absolute atomic E-state index is 12.1. The van der Waals surface area contributed by atoms with Crippen LogP contribution in [0.1, 0.15) is 19.5 Å². The zero-order valence-electron chi connectivity index (χ0n) is 10.9. The van der Waals surface area contributed by atoms with Crippen LogP contribution < -0.4 is 16.2 Å². The lowest BCUT2D eigenvalue weighted by Gasteiger charge is -2.21. The molecular formula is C11H18N4O3S. The van der Waals surface area contributed by atoms with E-state index >= 15 is 0 Å². The molecule has 1 aromatic rings. The highest BCUT2D eigenvalue weighted by Gasteiger charge is 2.28. The van der Waals surface area contributed by atoms with Gasteiger partial charge in [0.15, 0.2) is 0 Å². The first-order valence-electron chi connectivity index (χ1n) is 5.64. The second-order valence-electron chi connectivity index (χ2n) is 4.73. The van der Waals surface area contributed by atoms with E-state index in [0.29, 0.717) is 0 Å². The number of rotatable bonds is 6. The number of aromatic nitrogens is 1. The first-order chi connectivity index (χ1) is 8.70. The standard InChI is InChI=1S/C11H18N4O3S/c1-11(2,10(13)16)7-15-19(17,18)9-4-3-5-14-8(9)6-12/h3-5,15H,6-7,12H2,1-2H3,(H2,13,16). The summed E-state index contributed by atoms with van der Waals surface area (Å²) < 4.78 is 26.6. The summed E-state index contributed by atoms with van der Waals surface area (Å²) in [6, 6.07) is 2.92. The fourth-order valence-electron chi connectivity index (χ4n) is 1.26. The van der Waals surface area contributed by atoms with Crippen molar-refractivity contribution in [1.82, 2.24) is 9.71 Å². The quantitative estimate of drug-likeness (QED) is 0.639. The van der Waals surface area contributed by atoms with E-state index in [1.165, 1.54) is 18.3 Å². The van der Waals surface area contributed by atoms with E-state index in [9.17, 15) is 13.2 Å². The summed E-state index contributed by atoms with van der Waals surface area (Å²) in [5, 5.41) is 0. The van der Waals surface area contributed by atoms with E-state index in [4.69, 9.17) is 11.5 Å². The summed E-state index contributed by atoms with van der Waals surface area (Å²) >= 11 is 0. The predicted octanol–water partition coefficient (Wildman–Crippen LogP) is -0.670. The van der Waals surface area contributed by atoms with Crippen molar-refractivity contribution in [2.45, 2.75) is 25.3 Å². The number of primary amides is 1. The number of hydrogen-bond acceptors (Lipinski definition) is 5. The molecule has 0 aliphatic carbocycles. The summed E-state index contributed by atoms with van der Waals surface area (Å²) in [6.45, 7) is 3.04. The minimum Gasteiger partial charge on any atom is -0.369 e. The van der Waals surface area contributed by atoms with Gasteiger partial charge in [-0.05, 0) is 26.0 Å². The van der Waals surface area contributed by atoms with Crippen LogP contribution in [0.3, 0.4) is 0 Å². The van der Waals surface area contributed by atoms with Gasteiger partial charge in [-0.25, -0.2) is 13.1 Å². The van der Waals surface area contributed by atoms with Crippen LogP contribution in [0.5, 0.6) is 0 Å². The number of amides is 1. The Labute approximate surface area is 112 Å². The highest BCUT2D eigenvalue weighted by Crippen LogP contribution is 2.16. The molecule has 0 fully saturated rings. The van der Waals surface area contributed by atoms with Gasteiger partial charge in [0.1, 0.15) is 4.90 Å². The number of nitrogens with one attached hydrogen (secondary N) is 1. The Morgan fingerprint density at radius 1 is 1.47 bits per heavy atom. The number of carbonyl (C=O) groups excluding carboxylic acids is 1. The molecule has 0 radical (unpaired) electrons. The summed E-state index contributed by atoms with van der Waals surface area (Å²) in [5.74, 6) is -0.583. The van der Waals surface area contributed by atoms with Crippen LogP contribution in [0.2, 0.25) is 0 Å². The van der Waals surface area contributed by atoms with Crippen molar-refractivity contribution in [2.24, 2.45) is 16.9 Å². The van der Waals surface area contributed by atoms with E-state index < -0.39 is 21.3 Å². The Hall–Kier alpha value is -1.51. The fraction of sp³-hybridized carbons (Fsp3) is 0.455. The largest absolute Gasteiger partial charge is 0.369 e. The molecule has 0 saturated carbocycles. The van der Waals surface area contributed by atoms with E-state index in [0.717, 1.165) is 0 Å². The molecule has 5 N–H and O–H groups in total. The molecule has 0 aromatic carbocycles. The number of hydrogen-bond donors (Lipinski definition) is 3. The highest BCUT2D eigenvalue weighted by molar-refractivity contribution is 7.89. The maximum Gasteiger partial charge on any atom is 0.242 e. The summed E-state index contributed by atoms with van der Waals surface area (Å²) in [6.07, 6.45) is 1.47. The Morgan fingerprint density at radius 2 is 2.11 bits per heavy atom. The van der Waals surface area contributed by atoms with Gasteiger partial charge in [0.05, 0.1) is 11.1 Å². The molecule has 8 heteroatoms. The molecule has 0 bridgehead atoms. The fourth-order valence-corrected chi connectivity index (χ4v) is 2.67. The molecule has 1 rings (SSSR count). The van der Waals surface area contributed by atoms with Gasteiger partial charge in [0.2, 0.25) is 15.9 Å². The molecule has 106 valence electrons. The maximum atomic E-state index is 12.1. The van der Waals surface area contributed by atoms with Gasteiger partial charge in [0, 0.05) is 19.3 Å². The van der Waals surface area contributed by atoms with Crippen LogP contribution in [-0.4, -0.2) is 25.9 Å². The number of nitrogens with two attached hydrogens (primary N) is 2. The van der Waals surface area contributed by atoms with E-state index in [2.05, 4.69) is 9.71 Å². The lowest BCUT2D eigenvalue weighted by molar-refractivity contribution is -0.125. The van der Waals surface area contributed by atoms with E-state index in [-0.39, 0.29) is 23.7 Å². The first kappa shape index (κ1) is 15.5. The lowest BCUT2D eigenvalue weighted by atomic mass is 9.93. The second kappa shape index (κ2) is 5.64. The average molecular weight is 286 g/mol. The number of carbonyl (C=O) groups is 1. The molecule has 1 amide bonds. The zero-order chi connectivity index (χ0) is 14.7. The van der Waals surface area contributed by atoms with Crippen molar-refractivity contribution < 1.29 is 13.2 Å². The van der Waals surface area contributed by atoms with Gasteiger partial charge in [-0.15, -0.1) is 0 Å². The molecule has 0 unspecified atom stereocenters. The molecule has 0 atom stereocenters. The van der Waals surface area contributed by atoms with Crippen LogP contribution in [0.25, 0.3) is 0 Å². The van der Waals surface area contributed by atoms with Gasteiger partial charge in [-0.3, -0.25) is 9.78 Å². The SMILES string of the molecule is CC(C)(CNS(=O)(=O)c1cccnc1CN)C(N)=O. The third kappa shape index (κ3) is 3.72. The van der Waals surface area contributed by atoms with E-state index in [1.54, 1.807) is 13.8 Å². The average Bonchev–Trinajstić information content (AvgIpc) is 2.36. The van der Waals surface area contributed by atoms with Crippen LogP contribution in [0, 0.1) is 5.41 Å². The van der Waals surface area contributed by atoms with Crippen LogP contribution in [-0.2, 0) is 21.4 Å². The second-order valence-corrected chi connectivity index (χ2v) is 6.46. The predicted molar refractivity (Wildman–Crippen MR) is 70.3 cm³/mol. The highest BCUT2D eigenvalue weighted by atomic mass is 32.2. The van der Waals surface area contributed by atoms with Crippen molar-refractivity contribution in [2.75, 3.05) is 6.54 Å². The van der Waals surface area contributed by atoms with Crippen molar-refractivity contribution in [1.29, 1.82) is 0 Å². The van der Waals surface area contributed by atoms with Crippen molar-refractivity contribution >= 4 is 15.9 Å². The van der Waals surface area contributed by atoms with Crippen molar-refractivity contribution in [3.8, 4) is 0 Å². The molecule has 1 aromatic heterocycles. The molecule has 1 heterocycles. The number of nitrogens with zero attached hydrogens (tertiary/aromatic N) is 1. The summed E-state index contributed by atoms with van der Waals surface area (Å²) in [7, 11) is -3.77. The molecular weight excluding hydrogens is 268 g/mol. The molecule has 0 saturated heterocycles. The van der Waals surface area contributed by atoms with Gasteiger partial charge >= 0.3 is 0 Å². The minimum absolute atomic E-state index is 0.0102. The smallest absolute Gasteiger partial charge is 0.242 e. The molecule has 0 aliphatic heterocycles. The Morgan fingerprint density at radius 3 is 2.63 bits per heavy atom. The Balaban J connectivity index is 2.97. The van der Waals surface area contributed by atoms with E-state index in [1.807, 2.05) is 0 Å². The lowest BCUT2D eigenvalue weighted by Crippen LogP contribution is -2.42. The van der Waals surface area contributed by atoms with Crippen molar-refractivity contribution in [3.63, 3.8) is 0 Å². The van der Waals surface area contributed by atoms with Gasteiger partial charge < -0.3 is 11.5 Å². The molecule has 19 heavy (non-hydrogen) atoms. The van der Waals surface area contributed by atoms with Crippen molar-refractivity contribution in [3.05, 3.63) is 24.0 Å². The third-order valence-corrected chi connectivity index (χ3v) is 4.18. The van der Waals surface area contributed by atoms with Crippen LogP contribution >= 0.6 is 0 Å².